The SMILES string of the molecule is C[C@H](O)[C@H]1C=C([C@@H]2O[C@H]2C)C(=O)O1. The second-order valence-electron chi connectivity index (χ2n) is 3.49. The van der Waals surface area contributed by atoms with Crippen molar-refractivity contribution in [1.29, 1.82) is 0 Å². The Morgan fingerprint density at radius 1 is 1.62 bits per heavy atom. The minimum absolute atomic E-state index is 0.103. The van der Waals surface area contributed by atoms with Gasteiger partial charge in [0, 0.05) is 0 Å². The summed E-state index contributed by atoms with van der Waals surface area (Å²) in [6, 6.07) is 0. The zero-order chi connectivity index (χ0) is 9.59. The molecule has 4 nitrogen and oxygen atoms in total. The van der Waals surface area contributed by atoms with Gasteiger partial charge in [0.05, 0.1) is 17.8 Å². The Balaban J connectivity index is 2.10. The van der Waals surface area contributed by atoms with Crippen LogP contribution >= 0.6 is 0 Å². The summed E-state index contributed by atoms with van der Waals surface area (Å²) in [6.45, 7) is 3.49. The fourth-order valence-electron chi connectivity index (χ4n) is 1.43. The van der Waals surface area contributed by atoms with Crippen LogP contribution in [0.2, 0.25) is 0 Å². The van der Waals surface area contributed by atoms with Crippen LogP contribution in [0.1, 0.15) is 13.8 Å². The van der Waals surface area contributed by atoms with Crippen LogP contribution < -0.4 is 0 Å². The highest BCUT2D eigenvalue weighted by molar-refractivity contribution is 5.92. The van der Waals surface area contributed by atoms with Gasteiger partial charge in [0.15, 0.2) is 0 Å². The third kappa shape index (κ3) is 1.47. The summed E-state index contributed by atoms with van der Waals surface area (Å²) in [5.41, 5.74) is 0.554. The molecule has 13 heavy (non-hydrogen) atoms. The lowest BCUT2D eigenvalue weighted by Crippen LogP contribution is -2.22. The third-order valence-corrected chi connectivity index (χ3v) is 2.32. The number of esters is 1. The predicted octanol–water partition coefficient (Wildman–Crippen LogP) is 0.00630. The molecule has 0 aromatic heterocycles. The molecule has 2 aliphatic rings. The van der Waals surface area contributed by atoms with Crippen LogP contribution in [0.4, 0.5) is 0 Å². The maximum atomic E-state index is 11.2. The van der Waals surface area contributed by atoms with Gasteiger partial charge in [-0.3, -0.25) is 0 Å². The van der Waals surface area contributed by atoms with Gasteiger partial charge in [0.25, 0.3) is 0 Å². The van der Waals surface area contributed by atoms with Gasteiger partial charge < -0.3 is 14.6 Å². The standard InChI is InChI=1S/C9H12O4/c1-4(10)7-3-6(9(11)13-7)8-5(2)12-8/h3-5,7-8,10H,1-2H3/t4-,5-,7+,8+/m0/s1. The van der Waals surface area contributed by atoms with Gasteiger partial charge in [-0.15, -0.1) is 0 Å². The van der Waals surface area contributed by atoms with Crippen LogP contribution in [0.3, 0.4) is 0 Å². The van der Waals surface area contributed by atoms with E-state index in [1.165, 1.54) is 0 Å². The molecular formula is C9H12O4. The molecule has 4 atom stereocenters. The predicted molar refractivity (Wildman–Crippen MR) is 44.0 cm³/mol. The van der Waals surface area contributed by atoms with E-state index >= 15 is 0 Å². The molecule has 4 heteroatoms. The lowest BCUT2D eigenvalue weighted by atomic mass is 10.1. The van der Waals surface area contributed by atoms with Crippen LogP contribution in [0.15, 0.2) is 11.6 Å². The second kappa shape index (κ2) is 2.82. The molecule has 72 valence electrons. The van der Waals surface area contributed by atoms with E-state index in [1.807, 2.05) is 6.92 Å². The van der Waals surface area contributed by atoms with Crippen LogP contribution in [0, 0.1) is 0 Å². The van der Waals surface area contributed by atoms with Crippen molar-refractivity contribution < 1.29 is 19.4 Å². The lowest BCUT2D eigenvalue weighted by Gasteiger charge is -2.09. The molecule has 0 aromatic carbocycles. The zero-order valence-electron chi connectivity index (χ0n) is 7.56. The van der Waals surface area contributed by atoms with Gasteiger partial charge in [0.2, 0.25) is 0 Å². The molecule has 0 saturated carbocycles. The number of aliphatic hydroxyl groups is 1. The summed E-state index contributed by atoms with van der Waals surface area (Å²) >= 11 is 0. The van der Waals surface area contributed by atoms with E-state index in [-0.39, 0.29) is 18.2 Å². The fourth-order valence-corrected chi connectivity index (χ4v) is 1.43. The summed E-state index contributed by atoms with van der Waals surface area (Å²) in [7, 11) is 0. The molecule has 1 N–H and O–H groups in total. The molecule has 2 heterocycles. The number of carbonyl (C=O) groups is 1. The number of cyclic esters (lactones) is 1. The molecule has 0 aromatic rings. The number of epoxide rings is 1. The Morgan fingerprint density at radius 3 is 2.62 bits per heavy atom. The maximum Gasteiger partial charge on any atom is 0.337 e. The monoisotopic (exact) mass is 184 g/mol. The van der Waals surface area contributed by atoms with E-state index in [2.05, 4.69) is 0 Å². The van der Waals surface area contributed by atoms with Crippen molar-refractivity contribution in [3.8, 4) is 0 Å². The van der Waals surface area contributed by atoms with E-state index in [0.29, 0.717) is 5.57 Å². The Morgan fingerprint density at radius 2 is 2.23 bits per heavy atom. The number of carbonyl (C=O) groups excluding carboxylic acids is 1. The number of hydrogen-bond donors (Lipinski definition) is 1. The van der Waals surface area contributed by atoms with Crippen LogP contribution in [-0.2, 0) is 14.3 Å². The summed E-state index contributed by atoms with van der Waals surface area (Å²) in [4.78, 5) is 11.2. The summed E-state index contributed by atoms with van der Waals surface area (Å²) < 4.78 is 10.1. The van der Waals surface area contributed by atoms with Gasteiger partial charge in [-0.05, 0) is 19.9 Å². The first-order chi connectivity index (χ1) is 6.09. The number of hydrogen-bond acceptors (Lipinski definition) is 4. The Labute approximate surface area is 76.1 Å². The average molecular weight is 184 g/mol. The fraction of sp³-hybridized carbons (Fsp3) is 0.667. The van der Waals surface area contributed by atoms with Crippen LogP contribution in [0.25, 0.3) is 0 Å². The number of aliphatic hydroxyl groups excluding tert-OH is 1. The minimum Gasteiger partial charge on any atom is -0.452 e. The van der Waals surface area contributed by atoms with Crippen molar-refractivity contribution >= 4 is 5.97 Å². The van der Waals surface area contributed by atoms with Crippen molar-refractivity contribution in [1.82, 2.24) is 0 Å². The molecule has 0 spiro atoms. The van der Waals surface area contributed by atoms with Crippen molar-refractivity contribution in [2.75, 3.05) is 0 Å². The number of rotatable bonds is 2. The smallest absolute Gasteiger partial charge is 0.337 e. The molecule has 1 fully saturated rings. The molecule has 0 bridgehead atoms. The van der Waals surface area contributed by atoms with Gasteiger partial charge in [-0.1, -0.05) is 0 Å². The largest absolute Gasteiger partial charge is 0.452 e. The van der Waals surface area contributed by atoms with Crippen LogP contribution in [-0.4, -0.2) is 35.5 Å². The van der Waals surface area contributed by atoms with Gasteiger partial charge in [-0.2, -0.15) is 0 Å². The molecule has 2 rings (SSSR count). The maximum absolute atomic E-state index is 11.2. The highest BCUT2D eigenvalue weighted by Crippen LogP contribution is 2.33. The summed E-state index contributed by atoms with van der Waals surface area (Å²) in [6.07, 6.45) is 0.485. The van der Waals surface area contributed by atoms with Crippen molar-refractivity contribution in [3.63, 3.8) is 0 Å². The van der Waals surface area contributed by atoms with Crippen molar-refractivity contribution in [2.45, 2.75) is 38.3 Å². The van der Waals surface area contributed by atoms with E-state index in [0.717, 1.165) is 0 Å². The Kier molecular flexibility index (Phi) is 1.89. The van der Waals surface area contributed by atoms with E-state index in [4.69, 9.17) is 9.47 Å². The molecule has 0 amide bonds. The first-order valence-electron chi connectivity index (χ1n) is 4.36. The lowest BCUT2D eigenvalue weighted by molar-refractivity contribution is -0.143. The Hall–Kier alpha value is -0.870. The zero-order valence-corrected chi connectivity index (χ0v) is 7.56. The van der Waals surface area contributed by atoms with Gasteiger partial charge in [0.1, 0.15) is 12.2 Å². The van der Waals surface area contributed by atoms with Crippen molar-refractivity contribution in [3.05, 3.63) is 11.6 Å². The average Bonchev–Trinajstić information content (AvgIpc) is 2.60. The first kappa shape index (κ1) is 8.72. The highest BCUT2D eigenvalue weighted by Gasteiger charge is 2.45. The van der Waals surface area contributed by atoms with E-state index in [9.17, 15) is 9.90 Å². The molecule has 0 unspecified atom stereocenters. The number of ether oxygens (including phenoxy) is 2. The quantitative estimate of drug-likeness (QED) is 0.485. The van der Waals surface area contributed by atoms with Crippen molar-refractivity contribution in [2.24, 2.45) is 0 Å². The normalized spacial score (nSPS) is 39.8. The highest BCUT2D eigenvalue weighted by atomic mass is 16.6. The Bertz CT molecular complexity index is 269. The molecule has 1 saturated heterocycles. The second-order valence-corrected chi connectivity index (χ2v) is 3.49. The molecule has 2 aliphatic heterocycles. The van der Waals surface area contributed by atoms with Crippen LogP contribution in [0.5, 0.6) is 0 Å². The third-order valence-electron chi connectivity index (χ3n) is 2.32. The molecule has 0 aliphatic carbocycles. The van der Waals surface area contributed by atoms with E-state index in [1.54, 1.807) is 13.0 Å². The first-order valence-corrected chi connectivity index (χ1v) is 4.36. The molecular weight excluding hydrogens is 172 g/mol. The van der Waals surface area contributed by atoms with E-state index < -0.39 is 12.2 Å². The van der Waals surface area contributed by atoms with Gasteiger partial charge >= 0.3 is 5.97 Å². The minimum atomic E-state index is -0.657. The van der Waals surface area contributed by atoms with Gasteiger partial charge in [-0.25, -0.2) is 4.79 Å². The molecule has 0 radical (unpaired) electrons. The topological polar surface area (TPSA) is 59.1 Å². The summed E-state index contributed by atoms with van der Waals surface area (Å²) in [5, 5.41) is 9.19. The summed E-state index contributed by atoms with van der Waals surface area (Å²) in [5.74, 6) is -0.361.